The van der Waals surface area contributed by atoms with Crippen molar-refractivity contribution < 1.29 is 5.11 Å². The van der Waals surface area contributed by atoms with Gasteiger partial charge in [-0.3, -0.25) is 0 Å². The lowest BCUT2D eigenvalue weighted by molar-refractivity contribution is 0.111. The minimum absolute atomic E-state index is 0.229. The molecule has 2 rings (SSSR count). The molecule has 100 valence electrons. The summed E-state index contributed by atoms with van der Waals surface area (Å²) in [6.45, 7) is 3.83. The fourth-order valence-electron chi connectivity index (χ4n) is 2.66. The highest BCUT2D eigenvalue weighted by atomic mass is 16.3. The third-order valence-corrected chi connectivity index (χ3v) is 3.94. The van der Waals surface area contributed by atoms with Crippen molar-refractivity contribution in [2.75, 3.05) is 40.3 Å². The number of aliphatic hydroxyl groups is 1. The van der Waals surface area contributed by atoms with E-state index in [1.165, 1.54) is 32.2 Å². The topological polar surface area (TPSA) is 38.7 Å². The van der Waals surface area contributed by atoms with Crippen LogP contribution in [0.15, 0.2) is 0 Å². The zero-order valence-electron chi connectivity index (χ0n) is 11.2. The molecule has 1 aliphatic heterocycles. The highest BCUT2D eigenvalue weighted by Crippen LogP contribution is 2.18. The molecular weight excluding hydrogens is 214 g/mol. The van der Waals surface area contributed by atoms with Gasteiger partial charge in [0.15, 0.2) is 0 Å². The number of aliphatic hydroxyl groups excluding tert-OH is 1. The molecule has 0 radical (unpaired) electrons. The van der Waals surface area contributed by atoms with Gasteiger partial charge < -0.3 is 20.2 Å². The summed E-state index contributed by atoms with van der Waals surface area (Å²) in [5.41, 5.74) is 0. The average Bonchev–Trinajstić information content (AvgIpc) is 3.02. The van der Waals surface area contributed by atoms with Crippen molar-refractivity contribution in [2.45, 2.75) is 43.9 Å². The number of nitrogens with zero attached hydrogens (tertiary/aromatic N) is 2. The quantitative estimate of drug-likeness (QED) is 0.664. The first-order valence-corrected chi connectivity index (χ1v) is 6.95. The van der Waals surface area contributed by atoms with E-state index in [0.717, 1.165) is 19.6 Å². The van der Waals surface area contributed by atoms with Crippen LogP contribution in [0.4, 0.5) is 0 Å². The fraction of sp³-hybridized carbons (Fsp3) is 1.00. The summed E-state index contributed by atoms with van der Waals surface area (Å²) in [5.74, 6) is 0. The molecule has 17 heavy (non-hydrogen) atoms. The lowest BCUT2D eigenvalue weighted by Crippen LogP contribution is -2.42. The van der Waals surface area contributed by atoms with Crippen molar-refractivity contribution in [1.29, 1.82) is 0 Å². The predicted molar refractivity (Wildman–Crippen MR) is 70.2 cm³/mol. The second-order valence-corrected chi connectivity index (χ2v) is 5.83. The molecule has 1 saturated carbocycles. The summed E-state index contributed by atoms with van der Waals surface area (Å²) in [6, 6.07) is 1.37. The van der Waals surface area contributed by atoms with Gasteiger partial charge in [-0.25, -0.2) is 0 Å². The van der Waals surface area contributed by atoms with E-state index in [2.05, 4.69) is 29.2 Å². The summed E-state index contributed by atoms with van der Waals surface area (Å²) in [4.78, 5) is 4.71. The summed E-state index contributed by atoms with van der Waals surface area (Å²) in [6.07, 6.45) is 4.97. The van der Waals surface area contributed by atoms with Gasteiger partial charge in [0.2, 0.25) is 0 Å². The Kier molecular flexibility index (Phi) is 4.79. The van der Waals surface area contributed by atoms with Crippen LogP contribution in [-0.4, -0.2) is 73.4 Å². The van der Waals surface area contributed by atoms with E-state index in [1.807, 2.05) is 0 Å². The maximum atomic E-state index is 9.92. The molecule has 0 bridgehead atoms. The molecule has 0 spiro atoms. The lowest BCUT2D eigenvalue weighted by Gasteiger charge is -2.27. The zero-order valence-corrected chi connectivity index (χ0v) is 11.2. The van der Waals surface area contributed by atoms with Gasteiger partial charge in [-0.05, 0) is 46.3 Å². The third kappa shape index (κ3) is 4.54. The van der Waals surface area contributed by atoms with Crippen LogP contribution in [0, 0.1) is 0 Å². The van der Waals surface area contributed by atoms with E-state index in [-0.39, 0.29) is 6.10 Å². The maximum Gasteiger partial charge on any atom is 0.0791 e. The standard InChI is InChI=1S/C13H27N3O/c1-15(9-12-4-3-7-16(12)2)10-13(17)8-14-11-5-6-11/h11-14,17H,3-10H2,1-2H3. The molecule has 1 saturated heterocycles. The van der Waals surface area contributed by atoms with Gasteiger partial charge in [0, 0.05) is 31.7 Å². The van der Waals surface area contributed by atoms with Crippen molar-refractivity contribution >= 4 is 0 Å². The predicted octanol–water partition coefficient (Wildman–Crippen LogP) is 0.125. The van der Waals surface area contributed by atoms with Gasteiger partial charge in [0.05, 0.1) is 6.10 Å². The van der Waals surface area contributed by atoms with Crippen molar-refractivity contribution in [3.05, 3.63) is 0 Å². The monoisotopic (exact) mass is 241 g/mol. The van der Waals surface area contributed by atoms with Gasteiger partial charge in [0.1, 0.15) is 0 Å². The molecule has 0 aromatic rings. The molecule has 2 atom stereocenters. The summed E-state index contributed by atoms with van der Waals surface area (Å²) in [7, 11) is 4.32. The SMILES string of the molecule is CN(CC(O)CNC1CC1)CC1CCCN1C. The zero-order chi connectivity index (χ0) is 12.3. The van der Waals surface area contributed by atoms with Gasteiger partial charge >= 0.3 is 0 Å². The minimum Gasteiger partial charge on any atom is -0.390 e. The van der Waals surface area contributed by atoms with Crippen molar-refractivity contribution in [3.63, 3.8) is 0 Å². The average molecular weight is 241 g/mol. The third-order valence-electron chi connectivity index (χ3n) is 3.94. The number of hydrogen-bond acceptors (Lipinski definition) is 4. The fourth-order valence-corrected chi connectivity index (χ4v) is 2.66. The van der Waals surface area contributed by atoms with Crippen LogP contribution in [0.5, 0.6) is 0 Å². The van der Waals surface area contributed by atoms with Crippen molar-refractivity contribution in [1.82, 2.24) is 15.1 Å². The van der Waals surface area contributed by atoms with Gasteiger partial charge in [-0.1, -0.05) is 0 Å². The van der Waals surface area contributed by atoms with E-state index in [0.29, 0.717) is 12.1 Å². The van der Waals surface area contributed by atoms with E-state index >= 15 is 0 Å². The van der Waals surface area contributed by atoms with Gasteiger partial charge in [0.25, 0.3) is 0 Å². The molecule has 0 amide bonds. The minimum atomic E-state index is -0.229. The number of rotatable bonds is 7. The van der Waals surface area contributed by atoms with E-state index in [9.17, 15) is 5.11 Å². The van der Waals surface area contributed by atoms with Crippen LogP contribution in [0.3, 0.4) is 0 Å². The van der Waals surface area contributed by atoms with Crippen molar-refractivity contribution in [2.24, 2.45) is 0 Å². The van der Waals surface area contributed by atoms with E-state index in [4.69, 9.17) is 0 Å². The first-order valence-electron chi connectivity index (χ1n) is 6.95. The largest absolute Gasteiger partial charge is 0.390 e. The van der Waals surface area contributed by atoms with E-state index < -0.39 is 0 Å². The van der Waals surface area contributed by atoms with E-state index in [1.54, 1.807) is 0 Å². The number of nitrogens with one attached hydrogen (secondary N) is 1. The Hall–Kier alpha value is -0.160. The normalized spacial score (nSPS) is 27.9. The molecule has 2 aliphatic rings. The second-order valence-electron chi connectivity index (χ2n) is 5.83. The van der Waals surface area contributed by atoms with Crippen LogP contribution >= 0.6 is 0 Å². The molecule has 4 nitrogen and oxygen atoms in total. The molecule has 2 unspecified atom stereocenters. The highest BCUT2D eigenvalue weighted by Gasteiger charge is 2.24. The van der Waals surface area contributed by atoms with Gasteiger partial charge in [-0.15, -0.1) is 0 Å². The Morgan fingerprint density at radius 2 is 2.18 bits per heavy atom. The Labute approximate surface area is 105 Å². The Morgan fingerprint density at radius 1 is 1.41 bits per heavy atom. The molecule has 0 aromatic carbocycles. The highest BCUT2D eigenvalue weighted by molar-refractivity contribution is 4.83. The Balaban J connectivity index is 1.59. The molecule has 2 N–H and O–H groups in total. The smallest absolute Gasteiger partial charge is 0.0791 e. The Morgan fingerprint density at radius 3 is 2.76 bits per heavy atom. The van der Waals surface area contributed by atoms with Crippen LogP contribution < -0.4 is 5.32 Å². The molecule has 1 heterocycles. The number of likely N-dealkylation sites (tertiary alicyclic amines) is 1. The Bertz CT molecular complexity index is 233. The lowest BCUT2D eigenvalue weighted by atomic mass is 10.2. The summed E-state index contributed by atoms with van der Waals surface area (Å²) in [5, 5.41) is 13.3. The molecule has 1 aliphatic carbocycles. The first kappa shape index (κ1) is 13.3. The summed E-state index contributed by atoms with van der Waals surface area (Å²) < 4.78 is 0. The molecular formula is C13H27N3O. The number of likely N-dealkylation sites (N-methyl/N-ethyl adjacent to an activating group) is 2. The molecule has 2 fully saturated rings. The number of hydrogen-bond donors (Lipinski definition) is 2. The van der Waals surface area contributed by atoms with Crippen LogP contribution in [0.1, 0.15) is 25.7 Å². The molecule has 0 aromatic heterocycles. The van der Waals surface area contributed by atoms with Crippen LogP contribution in [0.25, 0.3) is 0 Å². The maximum absolute atomic E-state index is 9.92. The van der Waals surface area contributed by atoms with Gasteiger partial charge in [-0.2, -0.15) is 0 Å². The van der Waals surface area contributed by atoms with Crippen LogP contribution in [0.2, 0.25) is 0 Å². The second kappa shape index (κ2) is 6.14. The molecule has 4 heteroatoms. The summed E-state index contributed by atoms with van der Waals surface area (Å²) >= 11 is 0. The first-order chi connectivity index (χ1) is 8.15. The van der Waals surface area contributed by atoms with Crippen molar-refractivity contribution in [3.8, 4) is 0 Å². The van der Waals surface area contributed by atoms with Crippen LogP contribution in [-0.2, 0) is 0 Å².